The lowest BCUT2D eigenvalue weighted by molar-refractivity contribution is 0.0517. The third-order valence-electron chi connectivity index (χ3n) is 2.00. The van der Waals surface area contributed by atoms with Gasteiger partial charge in [-0.05, 0) is 6.92 Å². The van der Waals surface area contributed by atoms with Gasteiger partial charge in [0.25, 0.3) is 6.43 Å². The van der Waals surface area contributed by atoms with Crippen LogP contribution in [0, 0.1) is 0 Å². The van der Waals surface area contributed by atoms with Crippen molar-refractivity contribution < 1.29 is 18.3 Å². The summed E-state index contributed by atoms with van der Waals surface area (Å²) in [6, 6.07) is 0. The average molecular weight is 284 g/mol. The highest BCUT2D eigenvalue weighted by atomic mass is 35.5. The van der Waals surface area contributed by atoms with Crippen LogP contribution in [0.3, 0.4) is 0 Å². The largest absolute Gasteiger partial charge is 0.461 e. The van der Waals surface area contributed by atoms with Crippen LogP contribution >= 0.6 is 23.2 Å². The maximum Gasteiger partial charge on any atom is 0.357 e. The molecule has 0 saturated heterocycles. The first-order chi connectivity index (χ1) is 8.02. The molecular weight excluding hydrogens is 275 g/mol. The van der Waals surface area contributed by atoms with Crippen molar-refractivity contribution in [2.45, 2.75) is 19.2 Å². The van der Waals surface area contributed by atoms with E-state index in [-0.39, 0.29) is 28.8 Å². The molecule has 0 spiro atoms. The summed E-state index contributed by atoms with van der Waals surface area (Å²) in [5, 5.41) is -0.219. The number of hydrogen-bond donors (Lipinski definition) is 0. The number of esters is 1. The molecule has 17 heavy (non-hydrogen) atoms. The second-order valence-electron chi connectivity index (χ2n) is 3.00. The topological polar surface area (TPSA) is 39.2 Å². The van der Waals surface area contributed by atoms with Crippen molar-refractivity contribution in [2.24, 2.45) is 0 Å². The van der Waals surface area contributed by atoms with Gasteiger partial charge < -0.3 is 4.74 Å². The molecule has 1 aromatic rings. The zero-order valence-corrected chi connectivity index (χ0v) is 10.4. The third-order valence-corrected chi connectivity index (χ3v) is 2.56. The average Bonchev–Trinajstić information content (AvgIpc) is 2.27. The molecule has 7 heteroatoms. The summed E-state index contributed by atoms with van der Waals surface area (Å²) in [6.45, 7) is 1.72. The van der Waals surface area contributed by atoms with Crippen LogP contribution in [0.2, 0.25) is 5.02 Å². The van der Waals surface area contributed by atoms with Gasteiger partial charge in [-0.3, -0.25) is 0 Å². The van der Waals surface area contributed by atoms with E-state index in [1.807, 2.05) is 0 Å². The van der Waals surface area contributed by atoms with Crippen molar-refractivity contribution in [3.63, 3.8) is 0 Å². The van der Waals surface area contributed by atoms with Gasteiger partial charge in [0.1, 0.15) is 0 Å². The molecule has 1 heterocycles. The minimum atomic E-state index is -2.83. The normalized spacial score (nSPS) is 10.7. The molecule has 1 aromatic heterocycles. The van der Waals surface area contributed by atoms with Crippen LogP contribution in [-0.2, 0) is 10.6 Å². The van der Waals surface area contributed by atoms with E-state index >= 15 is 0 Å². The van der Waals surface area contributed by atoms with Gasteiger partial charge in [-0.2, -0.15) is 0 Å². The van der Waals surface area contributed by atoms with E-state index in [9.17, 15) is 13.6 Å². The summed E-state index contributed by atoms with van der Waals surface area (Å²) in [5.74, 6) is -1.08. The van der Waals surface area contributed by atoms with E-state index in [4.69, 9.17) is 27.9 Å². The van der Waals surface area contributed by atoms with Crippen LogP contribution in [0.1, 0.15) is 35.0 Å². The Morgan fingerprint density at radius 2 is 2.24 bits per heavy atom. The van der Waals surface area contributed by atoms with Gasteiger partial charge in [-0.15, -0.1) is 11.6 Å². The van der Waals surface area contributed by atoms with Crippen molar-refractivity contribution in [2.75, 3.05) is 6.61 Å². The van der Waals surface area contributed by atoms with Crippen LogP contribution in [0.5, 0.6) is 0 Å². The maximum atomic E-state index is 12.8. The summed E-state index contributed by atoms with van der Waals surface area (Å²) >= 11 is 11.2. The molecule has 0 aliphatic heterocycles. The van der Waals surface area contributed by atoms with Crippen molar-refractivity contribution >= 4 is 29.2 Å². The highest BCUT2D eigenvalue weighted by molar-refractivity contribution is 6.31. The molecule has 0 N–H and O–H groups in total. The second-order valence-corrected chi connectivity index (χ2v) is 3.68. The number of hydrogen-bond acceptors (Lipinski definition) is 3. The lowest BCUT2D eigenvalue weighted by Crippen LogP contribution is -2.12. The fourth-order valence-corrected chi connectivity index (χ4v) is 1.80. The predicted molar refractivity (Wildman–Crippen MR) is 59.7 cm³/mol. The zero-order valence-electron chi connectivity index (χ0n) is 8.84. The Balaban J connectivity index is 3.32. The first-order valence-corrected chi connectivity index (χ1v) is 5.62. The summed E-state index contributed by atoms with van der Waals surface area (Å²) in [4.78, 5) is 15.2. The Kier molecular flexibility index (Phi) is 5.08. The molecule has 0 atom stereocenters. The number of pyridine rings is 1. The molecule has 1 rings (SSSR count). The van der Waals surface area contributed by atoms with Crippen molar-refractivity contribution in [3.05, 3.63) is 28.0 Å². The molecule has 0 aliphatic carbocycles. The highest BCUT2D eigenvalue weighted by Gasteiger charge is 2.24. The smallest absolute Gasteiger partial charge is 0.357 e. The number of halogens is 4. The predicted octanol–water partition coefficient (Wildman–Crippen LogP) is 3.59. The van der Waals surface area contributed by atoms with Crippen LogP contribution in [0.25, 0.3) is 0 Å². The number of alkyl halides is 3. The lowest BCUT2D eigenvalue weighted by Gasteiger charge is -2.12. The highest BCUT2D eigenvalue weighted by Crippen LogP contribution is 2.32. The number of carbonyl (C=O) groups is 1. The molecule has 3 nitrogen and oxygen atoms in total. The van der Waals surface area contributed by atoms with Gasteiger partial charge in [0.05, 0.1) is 17.5 Å². The number of ether oxygens (including phenoxy) is 1. The van der Waals surface area contributed by atoms with E-state index < -0.39 is 18.0 Å². The summed E-state index contributed by atoms with van der Waals surface area (Å²) in [6.07, 6.45) is -1.84. The minimum absolute atomic E-state index is 0.0902. The van der Waals surface area contributed by atoms with Crippen molar-refractivity contribution in [1.82, 2.24) is 4.98 Å². The number of rotatable bonds is 4. The third kappa shape index (κ3) is 3.04. The Labute approximate surface area is 107 Å². The molecule has 94 valence electrons. The number of nitrogens with zero attached hydrogens (tertiary/aromatic N) is 1. The number of aromatic nitrogens is 1. The standard InChI is InChI=1S/C10H9Cl2F2NO2/c1-2-17-10(16)8-5(3-11)7(9(13)14)6(12)4-15-8/h4,9H,2-3H2,1H3. The molecule has 0 bridgehead atoms. The fourth-order valence-electron chi connectivity index (χ4n) is 1.29. The Hall–Kier alpha value is -0.940. The maximum absolute atomic E-state index is 12.8. The van der Waals surface area contributed by atoms with Crippen molar-refractivity contribution in [1.29, 1.82) is 0 Å². The first-order valence-electron chi connectivity index (χ1n) is 4.71. The summed E-state index contributed by atoms with van der Waals surface area (Å²) in [5.41, 5.74) is -0.783. The zero-order chi connectivity index (χ0) is 13.0. The van der Waals surface area contributed by atoms with E-state index in [1.54, 1.807) is 6.92 Å². The number of carbonyl (C=O) groups excluding carboxylic acids is 1. The van der Waals surface area contributed by atoms with E-state index in [1.165, 1.54) is 0 Å². The molecular formula is C10H9Cl2F2NO2. The van der Waals surface area contributed by atoms with Gasteiger partial charge >= 0.3 is 5.97 Å². The van der Waals surface area contributed by atoms with E-state index in [0.717, 1.165) is 6.20 Å². The monoisotopic (exact) mass is 283 g/mol. The SMILES string of the molecule is CCOC(=O)c1ncc(Cl)c(C(F)F)c1CCl. The van der Waals surface area contributed by atoms with E-state index in [2.05, 4.69) is 4.98 Å². The Morgan fingerprint density at radius 3 is 2.71 bits per heavy atom. The van der Waals surface area contributed by atoms with Gasteiger partial charge in [-0.25, -0.2) is 18.6 Å². The molecule has 0 radical (unpaired) electrons. The van der Waals surface area contributed by atoms with Crippen LogP contribution in [0.4, 0.5) is 8.78 Å². The summed E-state index contributed by atoms with van der Waals surface area (Å²) < 4.78 is 30.3. The van der Waals surface area contributed by atoms with Gasteiger partial charge in [0.2, 0.25) is 0 Å². The minimum Gasteiger partial charge on any atom is -0.461 e. The lowest BCUT2D eigenvalue weighted by atomic mass is 10.1. The first kappa shape index (κ1) is 14.1. The molecule has 0 aliphatic rings. The fraction of sp³-hybridized carbons (Fsp3) is 0.400. The molecule has 0 saturated carbocycles. The van der Waals surface area contributed by atoms with Crippen LogP contribution in [-0.4, -0.2) is 17.6 Å². The molecule has 0 amide bonds. The molecule has 0 fully saturated rings. The Morgan fingerprint density at radius 1 is 1.59 bits per heavy atom. The van der Waals surface area contributed by atoms with Crippen LogP contribution in [0.15, 0.2) is 6.20 Å². The molecule has 0 aromatic carbocycles. The quantitative estimate of drug-likeness (QED) is 0.626. The van der Waals surface area contributed by atoms with Gasteiger partial charge in [0, 0.05) is 17.3 Å². The second kappa shape index (κ2) is 6.12. The van der Waals surface area contributed by atoms with Gasteiger partial charge in [-0.1, -0.05) is 11.6 Å². The van der Waals surface area contributed by atoms with Crippen LogP contribution < -0.4 is 0 Å². The van der Waals surface area contributed by atoms with E-state index in [0.29, 0.717) is 0 Å². The Bertz CT molecular complexity index is 427. The summed E-state index contributed by atoms with van der Waals surface area (Å²) in [7, 11) is 0. The van der Waals surface area contributed by atoms with Crippen molar-refractivity contribution in [3.8, 4) is 0 Å². The van der Waals surface area contributed by atoms with Gasteiger partial charge in [0.15, 0.2) is 5.69 Å². The molecule has 0 unspecified atom stereocenters.